The molecule has 3 heterocycles. The minimum Gasteiger partial charge on any atom is -0.496 e. The van der Waals surface area contributed by atoms with Crippen LogP contribution in [-0.4, -0.2) is 52.1 Å². The second-order valence-electron chi connectivity index (χ2n) is 7.03. The van der Waals surface area contributed by atoms with Crippen molar-refractivity contribution in [1.82, 2.24) is 20.1 Å². The first-order chi connectivity index (χ1) is 15.0. The van der Waals surface area contributed by atoms with Gasteiger partial charge >= 0.3 is 0 Å². The highest BCUT2D eigenvalue weighted by Gasteiger charge is 2.29. The van der Waals surface area contributed by atoms with E-state index in [1.54, 1.807) is 29.3 Å². The zero-order chi connectivity index (χ0) is 21.8. The summed E-state index contributed by atoms with van der Waals surface area (Å²) in [6.07, 6.45) is 2.81. The standard InChI is InChI=1S/C21H20ClN5O3S/c1-30-17-6-5-14(22)12-15(17)20(29)27-10-7-13(8-11-27)18(28)24-21-26-25-19(31-21)16-4-2-3-9-23-16/h2-6,9,12-13H,7-8,10-11H2,1H3,(H,24,26,28). The quantitative estimate of drug-likeness (QED) is 0.626. The fourth-order valence-electron chi connectivity index (χ4n) is 3.44. The number of likely N-dealkylation sites (tertiary alicyclic amines) is 1. The Balaban J connectivity index is 1.35. The molecule has 1 aliphatic heterocycles. The lowest BCUT2D eigenvalue weighted by Gasteiger charge is -2.31. The van der Waals surface area contributed by atoms with Crippen LogP contribution in [0.25, 0.3) is 10.7 Å². The van der Waals surface area contributed by atoms with Crippen LogP contribution in [0.4, 0.5) is 5.13 Å². The normalized spacial score (nSPS) is 14.3. The molecule has 2 aromatic heterocycles. The third-order valence-electron chi connectivity index (χ3n) is 5.08. The summed E-state index contributed by atoms with van der Waals surface area (Å²) in [5.74, 6) is 0.0141. The van der Waals surface area contributed by atoms with E-state index in [2.05, 4.69) is 20.5 Å². The highest BCUT2D eigenvalue weighted by atomic mass is 35.5. The molecule has 2 amide bonds. The van der Waals surface area contributed by atoms with Gasteiger partial charge in [0.05, 0.1) is 12.7 Å². The van der Waals surface area contributed by atoms with Crippen molar-refractivity contribution in [3.05, 3.63) is 53.2 Å². The van der Waals surface area contributed by atoms with Gasteiger partial charge in [0, 0.05) is 30.2 Å². The van der Waals surface area contributed by atoms with Crippen LogP contribution in [0, 0.1) is 5.92 Å². The van der Waals surface area contributed by atoms with E-state index in [0.29, 0.717) is 58.1 Å². The molecule has 160 valence electrons. The molecule has 0 saturated carbocycles. The highest BCUT2D eigenvalue weighted by Crippen LogP contribution is 2.28. The van der Waals surface area contributed by atoms with Crippen molar-refractivity contribution in [2.75, 3.05) is 25.5 Å². The van der Waals surface area contributed by atoms with Crippen molar-refractivity contribution < 1.29 is 14.3 Å². The molecule has 31 heavy (non-hydrogen) atoms. The van der Waals surface area contributed by atoms with Crippen LogP contribution in [-0.2, 0) is 4.79 Å². The Hall–Kier alpha value is -3.04. The van der Waals surface area contributed by atoms with E-state index in [4.69, 9.17) is 16.3 Å². The molecule has 0 spiro atoms. The molecule has 1 N–H and O–H groups in total. The molecular weight excluding hydrogens is 438 g/mol. The average Bonchev–Trinajstić information content (AvgIpc) is 3.27. The fourth-order valence-corrected chi connectivity index (χ4v) is 4.33. The van der Waals surface area contributed by atoms with Gasteiger partial charge in [0.2, 0.25) is 11.0 Å². The Bertz CT molecular complexity index is 1080. The van der Waals surface area contributed by atoms with E-state index in [1.807, 2.05) is 18.2 Å². The monoisotopic (exact) mass is 457 g/mol. The maximum absolute atomic E-state index is 12.9. The first kappa shape index (κ1) is 21.2. The van der Waals surface area contributed by atoms with Crippen LogP contribution in [0.3, 0.4) is 0 Å². The summed E-state index contributed by atoms with van der Waals surface area (Å²) in [5, 5.41) is 12.5. The number of carbonyl (C=O) groups excluding carboxylic acids is 2. The maximum Gasteiger partial charge on any atom is 0.257 e. The van der Waals surface area contributed by atoms with Crippen LogP contribution in [0.15, 0.2) is 42.6 Å². The summed E-state index contributed by atoms with van der Waals surface area (Å²) in [4.78, 5) is 31.5. The number of rotatable bonds is 5. The first-order valence-corrected chi connectivity index (χ1v) is 10.9. The van der Waals surface area contributed by atoms with E-state index in [9.17, 15) is 9.59 Å². The molecule has 1 aromatic carbocycles. The van der Waals surface area contributed by atoms with Crippen molar-refractivity contribution in [3.8, 4) is 16.5 Å². The number of hydrogen-bond acceptors (Lipinski definition) is 7. The number of aromatic nitrogens is 3. The summed E-state index contributed by atoms with van der Waals surface area (Å²) in [5.41, 5.74) is 1.14. The molecule has 3 aromatic rings. The zero-order valence-corrected chi connectivity index (χ0v) is 18.3. The Labute approximate surface area is 188 Å². The Morgan fingerprint density at radius 2 is 2.00 bits per heavy atom. The van der Waals surface area contributed by atoms with E-state index in [0.717, 1.165) is 0 Å². The lowest BCUT2D eigenvalue weighted by atomic mass is 9.95. The molecule has 0 aliphatic carbocycles. The fraction of sp³-hybridized carbons (Fsp3) is 0.286. The molecule has 0 atom stereocenters. The number of halogens is 1. The molecule has 0 bridgehead atoms. The number of amides is 2. The molecular formula is C21H20ClN5O3S. The van der Waals surface area contributed by atoms with Gasteiger partial charge in [0.1, 0.15) is 11.4 Å². The van der Waals surface area contributed by atoms with Crippen LogP contribution in [0.2, 0.25) is 5.02 Å². The molecule has 0 unspecified atom stereocenters. The second-order valence-corrected chi connectivity index (χ2v) is 8.44. The Kier molecular flexibility index (Phi) is 6.43. The number of hydrogen-bond donors (Lipinski definition) is 1. The molecule has 10 heteroatoms. The van der Waals surface area contributed by atoms with Crippen LogP contribution in [0.5, 0.6) is 5.75 Å². The van der Waals surface area contributed by atoms with E-state index >= 15 is 0 Å². The topological polar surface area (TPSA) is 97.3 Å². The van der Waals surface area contributed by atoms with Crippen LogP contribution in [0.1, 0.15) is 23.2 Å². The zero-order valence-electron chi connectivity index (χ0n) is 16.7. The Morgan fingerprint density at radius 1 is 1.19 bits per heavy atom. The van der Waals surface area contributed by atoms with Crippen molar-refractivity contribution in [3.63, 3.8) is 0 Å². The van der Waals surface area contributed by atoms with Gasteiger partial charge in [-0.25, -0.2) is 0 Å². The molecule has 0 radical (unpaired) electrons. The summed E-state index contributed by atoms with van der Waals surface area (Å²) in [6.45, 7) is 0.948. The summed E-state index contributed by atoms with van der Waals surface area (Å²) < 4.78 is 5.29. The summed E-state index contributed by atoms with van der Waals surface area (Å²) in [6, 6.07) is 10.5. The number of ether oxygens (including phenoxy) is 1. The third-order valence-corrected chi connectivity index (χ3v) is 6.18. The minimum absolute atomic E-state index is 0.115. The predicted molar refractivity (Wildman–Crippen MR) is 118 cm³/mol. The molecule has 1 aliphatic rings. The van der Waals surface area contributed by atoms with Gasteiger partial charge in [-0.3, -0.25) is 14.6 Å². The highest BCUT2D eigenvalue weighted by molar-refractivity contribution is 7.18. The van der Waals surface area contributed by atoms with E-state index < -0.39 is 0 Å². The largest absolute Gasteiger partial charge is 0.496 e. The predicted octanol–water partition coefficient (Wildman–Crippen LogP) is 3.75. The molecule has 8 nitrogen and oxygen atoms in total. The first-order valence-electron chi connectivity index (χ1n) is 9.73. The van der Waals surface area contributed by atoms with Gasteiger partial charge in [-0.15, -0.1) is 10.2 Å². The third kappa shape index (κ3) is 4.83. The lowest BCUT2D eigenvalue weighted by Crippen LogP contribution is -2.41. The summed E-state index contributed by atoms with van der Waals surface area (Å²) >= 11 is 7.33. The number of nitrogens with one attached hydrogen (secondary N) is 1. The smallest absolute Gasteiger partial charge is 0.257 e. The number of nitrogens with zero attached hydrogens (tertiary/aromatic N) is 4. The number of piperidine rings is 1. The number of benzene rings is 1. The number of anilines is 1. The van der Waals surface area contributed by atoms with Crippen molar-refractivity contribution in [2.24, 2.45) is 5.92 Å². The van der Waals surface area contributed by atoms with Gasteiger partial charge in [-0.2, -0.15) is 0 Å². The van der Waals surface area contributed by atoms with Gasteiger partial charge in [0.15, 0.2) is 5.01 Å². The minimum atomic E-state index is -0.201. The maximum atomic E-state index is 12.9. The van der Waals surface area contributed by atoms with E-state index in [-0.39, 0.29) is 17.7 Å². The molecule has 1 fully saturated rings. The SMILES string of the molecule is COc1ccc(Cl)cc1C(=O)N1CCC(C(=O)Nc2nnc(-c3ccccn3)s2)CC1. The molecule has 1 saturated heterocycles. The van der Waals surface area contributed by atoms with Crippen molar-refractivity contribution in [1.29, 1.82) is 0 Å². The van der Waals surface area contributed by atoms with Gasteiger partial charge in [-0.05, 0) is 43.2 Å². The number of methoxy groups -OCH3 is 1. The van der Waals surface area contributed by atoms with Crippen molar-refractivity contribution in [2.45, 2.75) is 12.8 Å². The van der Waals surface area contributed by atoms with Gasteiger partial charge in [0.25, 0.3) is 5.91 Å². The summed E-state index contributed by atoms with van der Waals surface area (Å²) in [7, 11) is 1.52. The second kappa shape index (κ2) is 9.40. The van der Waals surface area contributed by atoms with Gasteiger partial charge < -0.3 is 15.0 Å². The van der Waals surface area contributed by atoms with Crippen LogP contribution >= 0.6 is 22.9 Å². The average molecular weight is 458 g/mol. The number of carbonyl (C=O) groups is 2. The van der Waals surface area contributed by atoms with Gasteiger partial charge in [-0.1, -0.05) is 29.0 Å². The van der Waals surface area contributed by atoms with Crippen LogP contribution < -0.4 is 10.1 Å². The van der Waals surface area contributed by atoms with E-state index in [1.165, 1.54) is 18.4 Å². The Morgan fingerprint density at radius 3 is 2.71 bits per heavy atom. The van der Waals surface area contributed by atoms with Crippen molar-refractivity contribution >= 4 is 39.9 Å². The lowest BCUT2D eigenvalue weighted by molar-refractivity contribution is -0.121. The number of pyridine rings is 1. The molecule has 4 rings (SSSR count).